The van der Waals surface area contributed by atoms with Gasteiger partial charge in [-0.15, -0.1) is 0 Å². The van der Waals surface area contributed by atoms with Crippen molar-refractivity contribution in [3.8, 4) is 0 Å². The van der Waals surface area contributed by atoms with Crippen LogP contribution in [0.3, 0.4) is 0 Å². The number of fused-ring (bicyclic) bond motifs is 1. The molecule has 2 aliphatic heterocycles. The summed E-state index contributed by atoms with van der Waals surface area (Å²) in [5, 5.41) is 0. The highest BCUT2D eigenvalue weighted by atomic mass is 16.7. The molecule has 0 aromatic carbocycles. The van der Waals surface area contributed by atoms with Crippen LogP contribution in [0.2, 0.25) is 0 Å². The molecule has 0 spiro atoms. The summed E-state index contributed by atoms with van der Waals surface area (Å²) >= 11 is 0. The Kier molecular flexibility index (Phi) is 4.11. The van der Waals surface area contributed by atoms with E-state index in [0.717, 1.165) is 25.1 Å². The molecule has 2 aliphatic rings. The van der Waals surface area contributed by atoms with Crippen LogP contribution in [0.5, 0.6) is 0 Å². The number of ether oxygens (including phenoxy) is 2. The Labute approximate surface area is 134 Å². The number of hydrogen-bond acceptors (Lipinski definition) is 5. The first kappa shape index (κ1) is 14.8. The van der Waals surface area contributed by atoms with Crippen molar-refractivity contribution in [1.82, 2.24) is 14.3 Å². The quantitative estimate of drug-likeness (QED) is 0.857. The molecule has 4 heterocycles. The van der Waals surface area contributed by atoms with Crippen LogP contribution in [0.15, 0.2) is 35.3 Å². The van der Waals surface area contributed by atoms with Crippen molar-refractivity contribution in [2.75, 3.05) is 19.8 Å². The van der Waals surface area contributed by atoms with Crippen LogP contribution < -0.4 is 5.56 Å². The molecular weight excluding hydrogens is 294 g/mol. The van der Waals surface area contributed by atoms with E-state index in [-0.39, 0.29) is 17.9 Å². The average molecular weight is 315 g/mol. The van der Waals surface area contributed by atoms with E-state index in [1.165, 1.54) is 6.42 Å². The van der Waals surface area contributed by atoms with Crippen LogP contribution >= 0.6 is 0 Å². The predicted molar refractivity (Wildman–Crippen MR) is 85.2 cm³/mol. The van der Waals surface area contributed by atoms with Gasteiger partial charge in [-0.1, -0.05) is 12.5 Å². The summed E-state index contributed by atoms with van der Waals surface area (Å²) in [6, 6.07) is 7.49. The van der Waals surface area contributed by atoms with E-state index in [0.29, 0.717) is 25.4 Å². The first-order valence-electron chi connectivity index (χ1n) is 8.26. The molecule has 2 aromatic rings. The fourth-order valence-corrected chi connectivity index (χ4v) is 3.51. The van der Waals surface area contributed by atoms with Gasteiger partial charge in [0.1, 0.15) is 5.65 Å². The summed E-state index contributed by atoms with van der Waals surface area (Å²) in [7, 11) is 0. The third-order valence-corrected chi connectivity index (χ3v) is 4.62. The molecule has 0 bridgehead atoms. The summed E-state index contributed by atoms with van der Waals surface area (Å²) in [5.41, 5.74) is 1.47. The van der Waals surface area contributed by atoms with Crippen LogP contribution in [0.4, 0.5) is 0 Å². The number of likely N-dealkylation sites (tertiary alicyclic amines) is 1. The summed E-state index contributed by atoms with van der Waals surface area (Å²) in [6.45, 7) is 2.99. The number of piperidine rings is 1. The Balaban J connectivity index is 1.59. The summed E-state index contributed by atoms with van der Waals surface area (Å²) < 4.78 is 13.0. The maximum absolute atomic E-state index is 12.2. The Morgan fingerprint density at radius 1 is 1.22 bits per heavy atom. The van der Waals surface area contributed by atoms with Crippen molar-refractivity contribution < 1.29 is 9.47 Å². The molecule has 2 saturated heterocycles. The zero-order valence-electron chi connectivity index (χ0n) is 13.1. The van der Waals surface area contributed by atoms with Gasteiger partial charge in [-0.2, -0.15) is 0 Å². The first-order chi connectivity index (χ1) is 11.3. The van der Waals surface area contributed by atoms with Gasteiger partial charge in [-0.25, -0.2) is 4.98 Å². The highest BCUT2D eigenvalue weighted by Gasteiger charge is 2.33. The summed E-state index contributed by atoms with van der Waals surface area (Å²) in [5.74, 6) is 0. The van der Waals surface area contributed by atoms with Gasteiger partial charge in [-0.05, 0) is 31.5 Å². The number of aromatic nitrogens is 2. The van der Waals surface area contributed by atoms with Gasteiger partial charge in [0.2, 0.25) is 0 Å². The van der Waals surface area contributed by atoms with Crippen molar-refractivity contribution >= 4 is 5.65 Å². The van der Waals surface area contributed by atoms with Crippen molar-refractivity contribution in [1.29, 1.82) is 0 Å². The molecule has 0 aliphatic carbocycles. The minimum absolute atomic E-state index is 0.0347. The van der Waals surface area contributed by atoms with Crippen LogP contribution in [0.25, 0.3) is 5.65 Å². The van der Waals surface area contributed by atoms with E-state index >= 15 is 0 Å². The third kappa shape index (κ3) is 3.02. The fourth-order valence-electron chi connectivity index (χ4n) is 3.51. The maximum atomic E-state index is 12.2. The van der Waals surface area contributed by atoms with Crippen LogP contribution in [0, 0.1) is 0 Å². The lowest BCUT2D eigenvalue weighted by Crippen LogP contribution is -2.47. The number of nitrogens with zero attached hydrogens (tertiary/aromatic N) is 3. The molecule has 0 amide bonds. The Morgan fingerprint density at radius 2 is 2.09 bits per heavy atom. The van der Waals surface area contributed by atoms with Gasteiger partial charge in [0.05, 0.1) is 24.9 Å². The molecular formula is C17H21N3O3. The molecule has 0 saturated carbocycles. The summed E-state index contributed by atoms with van der Waals surface area (Å²) in [4.78, 5) is 19.2. The molecule has 23 heavy (non-hydrogen) atoms. The molecule has 6 nitrogen and oxygen atoms in total. The van der Waals surface area contributed by atoms with Crippen molar-refractivity contribution in [3.63, 3.8) is 0 Å². The largest absolute Gasteiger partial charge is 0.349 e. The fraction of sp³-hybridized carbons (Fsp3) is 0.529. The standard InChI is InChI=1S/C17H21N3O3/c21-16-11-13(18-15-6-2-4-8-20(15)16)12-19-7-3-1-5-14(19)17-22-9-10-23-17/h2,4,6,8,11,14,17H,1,3,5,7,9-10,12H2/t14-/m1/s1. The van der Waals surface area contributed by atoms with Gasteiger partial charge in [-0.3, -0.25) is 14.1 Å². The first-order valence-corrected chi connectivity index (χ1v) is 8.26. The van der Waals surface area contributed by atoms with Gasteiger partial charge < -0.3 is 9.47 Å². The van der Waals surface area contributed by atoms with E-state index in [1.54, 1.807) is 16.7 Å². The van der Waals surface area contributed by atoms with Crippen LogP contribution in [0.1, 0.15) is 25.0 Å². The van der Waals surface area contributed by atoms with E-state index in [2.05, 4.69) is 9.88 Å². The topological polar surface area (TPSA) is 56.1 Å². The smallest absolute Gasteiger partial charge is 0.258 e. The third-order valence-electron chi connectivity index (χ3n) is 4.62. The van der Waals surface area contributed by atoms with E-state index in [9.17, 15) is 4.79 Å². The van der Waals surface area contributed by atoms with Gasteiger partial charge in [0.25, 0.3) is 5.56 Å². The van der Waals surface area contributed by atoms with Crippen molar-refractivity contribution in [2.24, 2.45) is 0 Å². The molecule has 2 aromatic heterocycles. The Morgan fingerprint density at radius 3 is 2.96 bits per heavy atom. The SMILES string of the molecule is O=c1cc(CN2CCCC[C@@H]2C2OCCO2)nc2ccccn12. The van der Waals surface area contributed by atoms with E-state index < -0.39 is 0 Å². The molecule has 1 atom stereocenters. The Bertz CT molecular complexity index is 739. The number of rotatable bonds is 3. The lowest BCUT2D eigenvalue weighted by molar-refractivity contribution is -0.111. The highest BCUT2D eigenvalue weighted by Crippen LogP contribution is 2.25. The van der Waals surface area contributed by atoms with E-state index in [4.69, 9.17) is 9.47 Å². The summed E-state index contributed by atoms with van der Waals surface area (Å²) in [6.07, 6.45) is 5.03. The molecule has 0 radical (unpaired) electrons. The lowest BCUT2D eigenvalue weighted by atomic mass is 10.0. The monoisotopic (exact) mass is 315 g/mol. The molecule has 0 unspecified atom stereocenters. The lowest BCUT2D eigenvalue weighted by Gasteiger charge is -2.37. The minimum Gasteiger partial charge on any atom is -0.349 e. The van der Waals surface area contributed by atoms with Crippen molar-refractivity contribution in [2.45, 2.75) is 38.1 Å². The van der Waals surface area contributed by atoms with Gasteiger partial charge in [0, 0.05) is 18.8 Å². The second kappa shape index (κ2) is 6.39. The predicted octanol–water partition coefficient (Wildman–Crippen LogP) is 1.42. The molecule has 0 N–H and O–H groups in total. The normalized spacial score (nSPS) is 23.6. The number of pyridine rings is 1. The average Bonchev–Trinajstić information content (AvgIpc) is 3.10. The second-order valence-electron chi connectivity index (χ2n) is 6.16. The molecule has 2 fully saturated rings. The van der Waals surface area contributed by atoms with Crippen LogP contribution in [-0.4, -0.2) is 46.4 Å². The maximum Gasteiger partial charge on any atom is 0.258 e. The van der Waals surface area contributed by atoms with Crippen LogP contribution in [-0.2, 0) is 16.0 Å². The minimum atomic E-state index is -0.142. The van der Waals surface area contributed by atoms with Gasteiger partial charge in [0.15, 0.2) is 6.29 Å². The highest BCUT2D eigenvalue weighted by molar-refractivity contribution is 5.38. The molecule has 4 rings (SSSR count). The molecule has 122 valence electrons. The zero-order chi connectivity index (χ0) is 15.6. The van der Waals surface area contributed by atoms with Gasteiger partial charge >= 0.3 is 0 Å². The Hall–Kier alpha value is -1.76. The zero-order valence-corrected chi connectivity index (χ0v) is 13.1. The van der Waals surface area contributed by atoms with Crippen molar-refractivity contribution in [3.05, 3.63) is 46.5 Å². The molecule has 6 heteroatoms. The van der Waals surface area contributed by atoms with E-state index in [1.807, 2.05) is 18.2 Å². The second-order valence-corrected chi connectivity index (χ2v) is 6.16. The number of hydrogen-bond donors (Lipinski definition) is 0.